The van der Waals surface area contributed by atoms with Crippen LogP contribution in [0.5, 0.6) is 0 Å². The first kappa shape index (κ1) is 72.8. The van der Waals surface area contributed by atoms with Gasteiger partial charge in [0.1, 0.15) is 13.2 Å². The highest BCUT2D eigenvalue weighted by atomic mass is 16.6. The summed E-state index contributed by atoms with van der Waals surface area (Å²) < 4.78 is 16.9. The van der Waals surface area contributed by atoms with Crippen molar-refractivity contribution in [3.05, 3.63) is 72.9 Å². The Morgan fingerprint density at radius 2 is 0.526 bits per heavy atom. The number of esters is 3. The molecule has 0 fully saturated rings. The summed E-state index contributed by atoms with van der Waals surface area (Å²) in [6.07, 6.45) is 83.5. The molecular formula is C70H124O6. The summed E-state index contributed by atoms with van der Waals surface area (Å²) in [6, 6.07) is 0. The zero-order valence-corrected chi connectivity index (χ0v) is 50.5. The van der Waals surface area contributed by atoms with Gasteiger partial charge in [-0.25, -0.2) is 0 Å². The molecule has 0 rings (SSSR count). The van der Waals surface area contributed by atoms with Crippen LogP contribution in [0, 0.1) is 0 Å². The summed E-state index contributed by atoms with van der Waals surface area (Å²) >= 11 is 0. The molecule has 0 aliphatic rings. The van der Waals surface area contributed by atoms with Crippen molar-refractivity contribution in [3.63, 3.8) is 0 Å². The van der Waals surface area contributed by atoms with Crippen molar-refractivity contribution in [1.82, 2.24) is 0 Å². The second-order valence-corrected chi connectivity index (χ2v) is 22.0. The molecule has 1 atom stereocenters. The lowest BCUT2D eigenvalue weighted by atomic mass is 10.0. The van der Waals surface area contributed by atoms with Gasteiger partial charge in [0.15, 0.2) is 6.10 Å². The molecule has 0 saturated heterocycles. The van der Waals surface area contributed by atoms with Crippen LogP contribution in [0.15, 0.2) is 72.9 Å². The van der Waals surface area contributed by atoms with Crippen molar-refractivity contribution in [3.8, 4) is 0 Å². The van der Waals surface area contributed by atoms with Crippen LogP contribution in [0.25, 0.3) is 0 Å². The maximum Gasteiger partial charge on any atom is 0.306 e. The van der Waals surface area contributed by atoms with Gasteiger partial charge in [-0.05, 0) is 83.5 Å². The molecule has 0 aromatic rings. The molecule has 76 heavy (non-hydrogen) atoms. The lowest BCUT2D eigenvalue weighted by Crippen LogP contribution is -2.30. The van der Waals surface area contributed by atoms with Crippen molar-refractivity contribution in [2.24, 2.45) is 0 Å². The summed E-state index contributed by atoms with van der Waals surface area (Å²) in [7, 11) is 0. The Morgan fingerprint density at radius 1 is 0.276 bits per heavy atom. The normalized spacial score (nSPS) is 12.5. The summed E-state index contributed by atoms with van der Waals surface area (Å²) in [6.45, 7) is 6.52. The Bertz CT molecular complexity index is 1400. The molecular weight excluding hydrogens is 937 g/mol. The van der Waals surface area contributed by atoms with Gasteiger partial charge in [0, 0.05) is 19.3 Å². The molecule has 1 unspecified atom stereocenters. The molecule has 0 aliphatic carbocycles. The van der Waals surface area contributed by atoms with Gasteiger partial charge in [-0.1, -0.05) is 306 Å². The van der Waals surface area contributed by atoms with E-state index >= 15 is 0 Å². The first-order valence-corrected chi connectivity index (χ1v) is 32.9. The van der Waals surface area contributed by atoms with Crippen LogP contribution in [0.1, 0.15) is 335 Å². The van der Waals surface area contributed by atoms with Gasteiger partial charge in [0.2, 0.25) is 0 Å². The van der Waals surface area contributed by atoms with Crippen LogP contribution < -0.4 is 0 Å². The molecule has 0 aliphatic heterocycles. The Balaban J connectivity index is 4.39. The second kappa shape index (κ2) is 64.4. The molecule has 6 nitrogen and oxygen atoms in total. The average Bonchev–Trinajstić information content (AvgIpc) is 3.42. The predicted molar refractivity (Wildman–Crippen MR) is 330 cm³/mol. The van der Waals surface area contributed by atoms with Crippen molar-refractivity contribution >= 4 is 17.9 Å². The van der Waals surface area contributed by atoms with Crippen LogP contribution in [0.3, 0.4) is 0 Å². The van der Waals surface area contributed by atoms with Crippen LogP contribution >= 0.6 is 0 Å². The standard InChI is InChI=1S/C70H124O6/c1-4-7-10-13-16-19-22-25-28-31-33-34-35-37-39-42-45-48-51-54-57-60-63-69(72)75-66-67(65-74-68(71)62-59-56-53-50-47-44-41-38-30-27-24-21-18-15-12-9-6-3)76-70(73)64-61-58-55-52-49-46-43-40-36-32-29-26-23-20-17-14-11-8-5-2/h9,12,18,21,26-27,29-30,41,44,50,53,67H,4-8,10-11,13-17,19-20,22-25,28,31-40,42-43,45-49,51-52,54-66H2,1-3H3/b12-9-,21-18-,29-26-,30-27-,44-41-,53-50-. The summed E-state index contributed by atoms with van der Waals surface area (Å²) in [5.74, 6) is -0.936. The predicted octanol–water partition coefficient (Wildman–Crippen LogP) is 22.5. The Hall–Kier alpha value is -3.15. The number of rotatable bonds is 60. The summed E-state index contributed by atoms with van der Waals surface area (Å²) in [4.78, 5) is 38.3. The minimum atomic E-state index is -0.799. The Labute approximate surface area is 472 Å². The highest BCUT2D eigenvalue weighted by Crippen LogP contribution is 2.17. The van der Waals surface area contributed by atoms with Gasteiger partial charge in [-0.3, -0.25) is 14.4 Å². The lowest BCUT2D eigenvalue weighted by molar-refractivity contribution is -0.167. The maximum absolute atomic E-state index is 12.9. The van der Waals surface area contributed by atoms with Crippen molar-refractivity contribution in [2.75, 3.05) is 13.2 Å². The molecule has 0 radical (unpaired) electrons. The number of allylic oxidation sites excluding steroid dienone is 12. The zero-order chi connectivity index (χ0) is 55.0. The topological polar surface area (TPSA) is 78.9 Å². The molecule has 440 valence electrons. The summed E-state index contributed by atoms with van der Waals surface area (Å²) in [5, 5.41) is 0. The van der Waals surface area contributed by atoms with Crippen LogP contribution in [-0.2, 0) is 28.6 Å². The average molecular weight is 1060 g/mol. The summed E-state index contributed by atoms with van der Waals surface area (Å²) in [5.41, 5.74) is 0. The van der Waals surface area contributed by atoms with Gasteiger partial charge >= 0.3 is 17.9 Å². The molecule has 0 aromatic carbocycles. The maximum atomic E-state index is 12.9. The van der Waals surface area contributed by atoms with E-state index in [1.807, 2.05) is 0 Å². The van der Waals surface area contributed by atoms with E-state index < -0.39 is 6.10 Å². The smallest absolute Gasteiger partial charge is 0.306 e. The van der Waals surface area contributed by atoms with Gasteiger partial charge in [0.05, 0.1) is 0 Å². The molecule has 0 aromatic heterocycles. The lowest BCUT2D eigenvalue weighted by Gasteiger charge is -2.18. The van der Waals surface area contributed by atoms with Crippen LogP contribution in [-0.4, -0.2) is 37.2 Å². The molecule has 0 spiro atoms. The highest BCUT2D eigenvalue weighted by molar-refractivity contribution is 5.71. The Kier molecular flexibility index (Phi) is 61.7. The molecule has 6 heteroatoms. The van der Waals surface area contributed by atoms with Gasteiger partial charge < -0.3 is 14.2 Å². The first-order valence-electron chi connectivity index (χ1n) is 32.9. The monoisotopic (exact) mass is 1060 g/mol. The Morgan fingerprint density at radius 3 is 0.868 bits per heavy atom. The number of ether oxygens (including phenoxy) is 3. The highest BCUT2D eigenvalue weighted by Gasteiger charge is 2.19. The quantitative estimate of drug-likeness (QED) is 0.0261. The number of hydrogen-bond acceptors (Lipinski definition) is 6. The van der Waals surface area contributed by atoms with Crippen molar-refractivity contribution < 1.29 is 28.6 Å². The fraction of sp³-hybridized carbons (Fsp3) is 0.786. The molecule has 0 saturated carbocycles. The SMILES string of the molecule is CC/C=C\C/C=C\C/C=C\C/C=C\C/C=C\CCCC(=O)OCC(COC(=O)CCCCCCCCCCCCCCCCCCCCCCCC)OC(=O)CCCCCCCCCCC/C=C\CCCCCCCC. The van der Waals surface area contributed by atoms with Crippen LogP contribution in [0.2, 0.25) is 0 Å². The van der Waals surface area contributed by atoms with E-state index in [9.17, 15) is 14.4 Å². The van der Waals surface area contributed by atoms with E-state index in [-0.39, 0.29) is 37.5 Å². The minimum absolute atomic E-state index is 0.0906. The van der Waals surface area contributed by atoms with Gasteiger partial charge in [-0.2, -0.15) is 0 Å². The molecule has 0 amide bonds. The third kappa shape index (κ3) is 61.7. The third-order valence-electron chi connectivity index (χ3n) is 14.4. The van der Waals surface area contributed by atoms with Gasteiger partial charge in [-0.15, -0.1) is 0 Å². The largest absolute Gasteiger partial charge is 0.462 e. The van der Waals surface area contributed by atoms with E-state index in [1.165, 1.54) is 212 Å². The van der Waals surface area contributed by atoms with E-state index in [1.54, 1.807) is 0 Å². The second-order valence-electron chi connectivity index (χ2n) is 22.0. The fourth-order valence-electron chi connectivity index (χ4n) is 9.54. The number of unbranched alkanes of at least 4 members (excludes halogenated alkanes) is 37. The van der Waals surface area contributed by atoms with Gasteiger partial charge in [0.25, 0.3) is 0 Å². The molecule has 0 N–H and O–H groups in total. The van der Waals surface area contributed by atoms with Crippen molar-refractivity contribution in [1.29, 1.82) is 0 Å². The van der Waals surface area contributed by atoms with E-state index in [2.05, 4.69) is 93.7 Å². The molecule has 0 heterocycles. The molecule has 0 bridgehead atoms. The van der Waals surface area contributed by atoms with E-state index in [4.69, 9.17) is 14.2 Å². The fourth-order valence-corrected chi connectivity index (χ4v) is 9.54. The van der Waals surface area contributed by atoms with E-state index in [0.29, 0.717) is 19.3 Å². The minimum Gasteiger partial charge on any atom is -0.462 e. The van der Waals surface area contributed by atoms with E-state index in [0.717, 1.165) is 77.0 Å². The number of carbonyl (C=O) groups is 3. The first-order chi connectivity index (χ1) is 37.5. The van der Waals surface area contributed by atoms with Crippen LogP contribution in [0.4, 0.5) is 0 Å². The van der Waals surface area contributed by atoms with Crippen molar-refractivity contribution in [2.45, 2.75) is 341 Å². The third-order valence-corrected chi connectivity index (χ3v) is 14.4. The zero-order valence-electron chi connectivity index (χ0n) is 50.5. The number of carbonyl (C=O) groups excluding carboxylic acids is 3. The number of hydrogen-bond donors (Lipinski definition) is 0.